The van der Waals surface area contributed by atoms with Crippen molar-refractivity contribution in [2.75, 3.05) is 20.3 Å². The van der Waals surface area contributed by atoms with Crippen LogP contribution in [0.2, 0.25) is 0 Å². The molecule has 0 radical (unpaired) electrons. The van der Waals surface area contributed by atoms with E-state index in [1.807, 2.05) is 0 Å². The molecule has 0 saturated heterocycles. The second kappa shape index (κ2) is 10.00. The van der Waals surface area contributed by atoms with Crippen LogP contribution in [0.1, 0.15) is 28.4 Å². The fourth-order valence-corrected chi connectivity index (χ4v) is 4.80. The van der Waals surface area contributed by atoms with Gasteiger partial charge in [0.05, 0.1) is 35.4 Å². The molecule has 0 atom stereocenters. The van der Waals surface area contributed by atoms with E-state index in [1.54, 1.807) is 13.0 Å². The molecule has 0 aliphatic heterocycles. The molecule has 0 aliphatic carbocycles. The molecular weight excluding hydrogens is 467 g/mol. The van der Waals surface area contributed by atoms with E-state index in [2.05, 4.69) is 15.9 Å². The van der Waals surface area contributed by atoms with Gasteiger partial charge in [0.2, 0.25) is 0 Å². The van der Waals surface area contributed by atoms with E-state index >= 15 is 0 Å². The van der Waals surface area contributed by atoms with E-state index in [0.717, 1.165) is 18.2 Å². The van der Waals surface area contributed by atoms with Crippen molar-refractivity contribution in [3.05, 3.63) is 63.4 Å². The number of ether oxygens (including phenoxy) is 2. The number of sulfone groups is 1. The van der Waals surface area contributed by atoms with Crippen molar-refractivity contribution in [1.82, 2.24) is 0 Å². The Labute approximate surface area is 177 Å². The zero-order valence-corrected chi connectivity index (χ0v) is 18.2. The summed E-state index contributed by atoms with van der Waals surface area (Å²) >= 11 is 3.28. The normalized spacial score (nSPS) is 11.6. The lowest BCUT2D eigenvalue weighted by Gasteiger charge is -2.15. The third-order valence-electron chi connectivity index (χ3n) is 3.93. The number of esters is 1. The number of carbonyl (C=O) groups is 1. The number of aliphatic hydroxyl groups is 1. The van der Waals surface area contributed by atoms with Crippen molar-refractivity contribution in [3.63, 3.8) is 0 Å². The molecule has 0 aliphatic rings. The van der Waals surface area contributed by atoms with Crippen LogP contribution in [0.25, 0.3) is 6.08 Å². The van der Waals surface area contributed by atoms with Crippen LogP contribution in [-0.2, 0) is 20.3 Å². The summed E-state index contributed by atoms with van der Waals surface area (Å²) in [7, 11) is -2.62. The molecule has 0 fully saturated rings. The zero-order chi connectivity index (χ0) is 21.6. The standard InChI is InChI=1S/C20H20BrFO6S/c1-3-28-20(24)18-14(6-8-16(21)19(18)27-2)12-29(25,26)17-9-7-15(22)11-13(17)5-4-10-23/h4-9,11,23H,3,10,12H2,1-2H3. The summed E-state index contributed by atoms with van der Waals surface area (Å²) in [6.07, 6.45) is 2.63. The van der Waals surface area contributed by atoms with Gasteiger partial charge in [0.25, 0.3) is 0 Å². The zero-order valence-electron chi connectivity index (χ0n) is 15.8. The highest BCUT2D eigenvalue weighted by molar-refractivity contribution is 9.10. The molecule has 1 N–H and O–H groups in total. The highest BCUT2D eigenvalue weighted by Crippen LogP contribution is 2.34. The number of benzene rings is 2. The summed E-state index contributed by atoms with van der Waals surface area (Å²) in [6, 6.07) is 6.32. The van der Waals surface area contributed by atoms with E-state index < -0.39 is 27.4 Å². The maximum Gasteiger partial charge on any atom is 0.342 e. The van der Waals surface area contributed by atoms with Crippen molar-refractivity contribution in [2.24, 2.45) is 0 Å². The smallest absolute Gasteiger partial charge is 0.342 e. The number of aliphatic hydroxyl groups excluding tert-OH is 1. The van der Waals surface area contributed by atoms with Crippen LogP contribution in [-0.4, -0.2) is 39.8 Å². The Hall–Kier alpha value is -2.23. The quantitative estimate of drug-likeness (QED) is 0.451. The third-order valence-corrected chi connectivity index (χ3v) is 6.29. The molecule has 2 aromatic carbocycles. The predicted molar refractivity (Wildman–Crippen MR) is 110 cm³/mol. The summed E-state index contributed by atoms with van der Waals surface area (Å²) in [5, 5.41) is 8.96. The third kappa shape index (κ3) is 5.43. The first-order valence-corrected chi connectivity index (χ1v) is 11.0. The maximum absolute atomic E-state index is 13.6. The van der Waals surface area contributed by atoms with Gasteiger partial charge in [-0.15, -0.1) is 0 Å². The lowest BCUT2D eigenvalue weighted by Crippen LogP contribution is -2.14. The van der Waals surface area contributed by atoms with Crippen LogP contribution in [0.15, 0.2) is 45.8 Å². The second-order valence-electron chi connectivity index (χ2n) is 5.86. The van der Waals surface area contributed by atoms with Crippen molar-refractivity contribution in [1.29, 1.82) is 0 Å². The topological polar surface area (TPSA) is 89.9 Å². The highest BCUT2D eigenvalue weighted by atomic mass is 79.9. The van der Waals surface area contributed by atoms with Gasteiger partial charge in [0.1, 0.15) is 17.1 Å². The lowest BCUT2D eigenvalue weighted by molar-refractivity contribution is 0.0521. The van der Waals surface area contributed by atoms with Crippen LogP contribution in [0.4, 0.5) is 4.39 Å². The van der Waals surface area contributed by atoms with Gasteiger partial charge in [0.15, 0.2) is 9.84 Å². The Morgan fingerprint density at radius 3 is 2.62 bits per heavy atom. The van der Waals surface area contributed by atoms with Gasteiger partial charge >= 0.3 is 5.97 Å². The molecule has 156 valence electrons. The first-order chi connectivity index (χ1) is 13.7. The Balaban J connectivity index is 2.59. The summed E-state index contributed by atoms with van der Waals surface area (Å²) < 4.78 is 50.6. The molecule has 2 rings (SSSR count). The molecule has 0 saturated carbocycles. The molecule has 6 nitrogen and oxygen atoms in total. The van der Waals surface area contributed by atoms with Gasteiger partial charge in [-0.2, -0.15) is 0 Å². The van der Waals surface area contributed by atoms with Crippen LogP contribution in [0.3, 0.4) is 0 Å². The number of halogens is 2. The van der Waals surface area contributed by atoms with Gasteiger partial charge in [-0.3, -0.25) is 0 Å². The van der Waals surface area contributed by atoms with E-state index in [4.69, 9.17) is 14.6 Å². The monoisotopic (exact) mass is 486 g/mol. The first-order valence-electron chi connectivity index (χ1n) is 8.57. The van der Waals surface area contributed by atoms with Crippen molar-refractivity contribution in [2.45, 2.75) is 17.6 Å². The number of hydrogen-bond acceptors (Lipinski definition) is 6. The highest BCUT2D eigenvalue weighted by Gasteiger charge is 2.26. The minimum atomic E-state index is -3.98. The Morgan fingerprint density at radius 1 is 1.28 bits per heavy atom. The van der Waals surface area contributed by atoms with E-state index in [1.165, 1.54) is 25.3 Å². The molecular formula is C20H20BrFO6S. The van der Waals surface area contributed by atoms with Crippen molar-refractivity contribution in [3.8, 4) is 5.75 Å². The molecule has 0 spiro atoms. The molecule has 0 unspecified atom stereocenters. The van der Waals surface area contributed by atoms with Gasteiger partial charge in [-0.25, -0.2) is 17.6 Å². The molecule has 2 aromatic rings. The Bertz CT molecular complexity index is 1030. The van der Waals surface area contributed by atoms with Crippen LogP contribution >= 0.6 is 15.9 Å². The molecule has 0 aromatic heterocycles. The summed E-state index contributed by atoms with van der Waals surface area (Å²) in [5.74, 6) is -1.69. The van der Waals surface area contributed by atoms with Gasteiger partial charge in [-0.1, -0.05) is 18.2 Å². The molecule has 9 heteroatoms. The Kier molecular flexibility index (Phi) is 7.95. The van der Waals surface area contributed by atoms with E-state index in [0.29, 0.717) is 4.47 Å². The first kappa shape index (κ1) is 23.1. The molecule has 29 heavy (non-hydrogen) atoms. The molecule has 0 heterocycles. The van der Waals surface area contributed by atoms with Crippen LogP contribution in [0, 0.1) is 5.82 Å². The van der Waals surface area contributed by atoms with Gasteiger partial charge in [-0.05, 0) is 58.2 Å². The van der Waals surface area contributed by atoms with Crippen LogP contribution < -0.4 is 4.74 Å². The van der Waals surface area contributed by atoms with E-state index in [-0.39, 0.29) is 40.5 Å². The van der Waals surface area contributed by atoms with Gasteiger partial charge in [0, 0.05) is 0 Å². The van der Waals surface area contributed by atoms with Gasteiger partial charge < -0.3 is 14.6 Å². The number of rotatable bonds is 8. The number of methoxy groups -OCH3 is 1. The Morgan fingerprint density at radius 2 is 2.00 bits per heavy atom. The second-order valence-corrected chi connectivity index (χ2v) is 8.67. The SMILES string of the molecule is CCOC(=O)c1c(CS(=O)(=O)c2ccc(F)cc2C=CCO)ccc(Br)c1OC. The number of carbonyl (C=O) groups excluding carboxylic acids is 1. The summed E-state index contributed by atoms with van der Waals surface area (Å²) in [6.45, 7) is 1.42. The number of hydrogen-bond donors (Lipinski definition) is 1. The largest absolute Gasteiger partial charge is 0.495 e. The van der Waals surface area contributed by atoms with Crippen molar-refractivity contribution < 1.29 is 32.2 Å². The fourth-order valence-electron chi connectivity index (χ4n) is 2.74. The fraction of sp³-hybridized carbons (Fsp3) is 0.250. The van der Waals surface area contributed by atoms with Crippen LogP contribution in [0.5, 0.6) is 5.75 Å². The lowest BCUT2D eigenvalue weighted by atomic mass is 10.1. The average molecular weight is 487 g/mol. The summed E-state index contributed by atoms with van der Waals surface area (Å²) in [4.78, 5) is 12.3. The minimum absolute atomic E-state index is 0.00172. The summed E-state index contributed by atoms with van der Waals surface area (Å²) in [5.41, 5.74) is 0.285. The van der Waals surface area contributed by atoms with E-state index in [9.17, 15) is 17.6 Å². The average Bonchev–Trinajstić information content (AvgIpc) is 2.67. The predicted octanol–water partition coefficient (Wildman–Crippen LogP) is 3.75. The molecule has 0 amide bonds. The maximum atomic E-state index is 13.6. The van der Waals surface area contributed by atoms with Crippen molar-refractivity contribution >= 4 is 37.8 Å². The molecule has 0 bridgehead atoms. The minimum Gasteiger partial charge on any atom is -0.495 e.